The van der Waals surface area contributed by atoms with Crippen LogP contribution in [0.3, 0.4) is 0 Å². The van der Waals surface area contributed by atoms with Crippen LogP contribution in [0.25, 0.3) is 22.4 Å². The van der Waals surface area contributed by atoms with Crippen molar-refractivity contribution in [2.45, 2.75) is 26.2 Å². The number of benzene rings is 2. The average molecular weight is 349 g/mol. The number of hydrogen-bond acceptors (Lipinski definition) is 3. The predicted octanol–water partition coefficient (Wildman–Crippen LogP) is 4.73. The van der Waals surface area contributed by atoms with Gasteiger partial charge in [0.05, 0.1) is 17.6 Å². The summed E-state index contributed by atoms with van der Waals surface area (Å²) in [6, 6.07) is 16.3. The minimum Gasteiger partial charge on any atom is -0.494 e. The van der Waals surface area contributed by atoms with E-state index < -0.39 is 0 Å². The Morgan fingerprint density at radius 1 is 1.19 bits per heavy atom. The van der Waals surface area contributed by atoms with E-state index in [1.807, 2.05) is 36.4 Å². The fraction of sp³-hybridized carbons (Fsp3) is 0.409. The topological polar surface area (TPSA) is 41.1 Å². The molecule has 0 amide bonds. The van der Waals surface area contributed by atoms with Crippen LogP contribution in [0.15, 0.2) is 48.5 Å². The molecule has 0 aliphatic carbocycles. The van der Waals surface area contributed by atoms with Gasteiger partial charge in [0.2, 0.25) is 0 Å². The highest BCUT2D eigenvalue weighted by atomic mass is 16.5. The Morgan fingerprint density at radius 2 is 2.12 bits per heavy atom. The van der Waals surface area contributed by atoms with Gasteiger partial charge in [0.15, 0.2) is 0 Å². The number of H-pyrrole nitrogens is 1. The summed E-state index contributed by atoms with van der Waals surface area (Å²) in [5.74, 6) is 2.64. The van der Waals surface area contributed by atoms with Gasteiger partial charge in [-0.05, 0) is 56.0 Å². The van der Waals surface area contributed by atoms with Gasteiger partial charge in [0, 0.05) is 18.7 Å². The fourth-order valence-electron chi connectivity index (χ4n) is 3.79. The van der Waals surface area contributed by atoms with Crippen LogP contribution in [0.2, 0.25) is 0 Å². The van der Waals surface area contributed by atoms with Gasteiger partial charge in [-0.15, -0.1) is 0 Å². The molecule has 1 aliphatic rings. The summed E-state index contributed by atoms with van der Waals surface area (Å²) in [7, 11) is 0. The van der Waals surface area contributed by atoms with Crippen molar-refractivity contribution in [2.24, 2.45) is 5.92 Å². The van der Waals surface area contributed by atoms with Crippen LogP contribution < -0.4 is 4.74 Å². The minimum absolute atomic E-state index is 0.758. The highest BCUT2D eigenvalue weighted by Gasteiger charge is 2.15. The highest BCUT2D eigenvalue weighted by molar-refractivity contribution is 5.79. The Kier molecular flexibility index (Phi) is 5.21. The number of rotatable bonds is 6. The van der Waals surface area contributed by atoms with Crippen molar-refractivity contribution < 1.29 is 4.74 Å². The Balaban J connectivity index is 1.34. The molecule has 2 aromatic carbocycles. The molecule has 0 spiro atoms. The van der Waals surface area contributed by atoms with Crippen LogP contribution in [0.1, 0.15) is 26.2 Å². The first-order valence-electron chi connectivity index (χ1n) is 9.68. The molecule has 1 aliphatic heterocycles. The maximum absolute atomic E-state index is 5.99. The highest BCUT2D eigenvalue weighted by Crippen LogP contribution is 2.24. The minimum atomic E-state index is 0.758. The number of piperidine rings is 1. The Morgan fingerprint density at radius 3 is 3.00 bits per heavy atom. The van der Waals surface area contributed by atoms with Crippen molar-refractivity contribution >= 4 is 11.0 Å². The fourth-order valence-corrected chi connectivity index (χ4v) is 3.79. The molecule has 136 valence electrons. The zero-order chi connectivity index (χ0) is 17.8. The molecule has 26 heavy (non-hydrogen) atoms. The third kappa shape index (κ3) is 4.07. The maximum atomic E-state index is 5.99. The summed E-state index contributed by atoms with van der Waals surface area (Å²) in [6.45, 7) is 6.72. The van der Waals surface area contributed by atoms with E-state index in [4.69, 9.17) is 4.74 Å². The number of likely N-dealkylation sites (tertiary alicyclic amines) is 1. The zero-order valence-corrected chi connectivity index (χ0v) is 15.4. The Labute approximate surface area is 155 Å². The van der Waals surface area contributed by atoms with Crippen LogP contribution in [0.5, 0.6) is 5.75 Å². The average Bonchev–Trinajstić information content (AvgIpc) is 3.10. The van der Waals surface area contributed by atoms with Gasteiger partial charge >= 0.3 is 0 Å². The molecule has 3 aromatic rings. The SMILES string of the molecule is CC1CCCN(CCCOc2cccc(-c3nc4ccccc4[nH]3)c2)C1. The molecule has 0 saturated carbocycles. The lowest BCUT2D eigenvalue weighted by molar-refractivity contribution is 0.170. The standard InChI is InChI=1S/C22H27N3O/c1-17-7-5-12-25(16-17)13-6-14-26-19-9-4-8-18(15-19)22-23-20-10-2-3-11-21(20)24-22/h2-4,8-11,15,17H,5-7,12-14,16H2,1H3,(H,23,24). The number of ether oxygens (including phenoxy) is 1. The zero-order valence-electron chi connectivity index (χ0n) is 15.4. The van der Waals surface area contributed by atoms with E-state index in [2.05, 4.69) is 33.9 Å². The van der Waals surface area contributed by atoms with Crippen molar-refractivity contribution in [3.05, 3.63) is 48.5 Å². The van der Waals surface area contributed by atoms with E-state index in [0.717, 1.165) is 53.7 Å². The van der Waals surface area contributed by atoms with Crippen molar-refractivity contribution in [1.82, 2.24) is 14.9 Å². The molecule has 4 rings (SSSR count). The molecule has 1 aromatic heterocycles. The number of nitrogens with one attached hydrogen (secondary N) is 1. The van der Waals surface area contributed by atoms with Crippen LogP contribution in [-0.2, 0) is 0 Å². The third-order valence-corrected chi connectivity index (χ3v) is 5.13. The summed E-state index contributed by atoms with van der Waals surface area (Å²) in [6.07, 6.45) is 3.78. The van der Waals surface area contributed by atoms with Gasteiger partial charge in [0.25, 0.3) is 0 Å². The van der Waals surface area contributed by atoms with Crippen molar-refractivity contribution in [1.29, 1.82) is 0 Å². The summed E-state index contributed by atoms with van der Waals surface area (Å²) < 4.78 is 5.99. The second kappa shape index (κ2) is 7.92. The molecule has 1 saturated heterocycles. The van der Waals surface area contributed by atoms with Gasteiger partial charge in [-0.1, -0.05) is 31.2 Å². The number of nitrogens with zero attached hydrogens (tertiary/aromatic N) is 2. The predicted molar refractivity (Wildman–Crippen MR) is 106 cm³/mol. The van der Waals surface area contributed by atoms with Crippen molar-refractivity contribution in [3.63, 3.8) is 0 Å². The molecule has 4 heteroatoms. The van der Waals surface area contributed by atoms with Crippen LogP contribution in [0, 0.1) is 5.92 Å². The Hall–Kier alpha value is -2.33. The maximum Gasteiger partial charge on any atom is 0.138 e. The van der Waals surface area contributed by atoms with Gasteiger partial charge in [-0.3, -0.25) is 0 Å². The number of imidazole rings is 1. The van der Waals surface area contributed by atoms with Crippen molar-refractivity contribution in [3.8, 4) is 17.1 Å². The lowest BCUT2D eigenvalue weighted by Gasteiger charge is -2.30. The molecule has 0 radical (unpaired) electrons. The van der Waals surface area contributed by atoms with Gasteiger partial charge in [0.1, 0.15) is 11.6 Å². The molecular weight excluding hydrogens is 322 g/mol. The first-order valence-corrected chi connectivity index (χ1v) is 9.68. The van der Waals surface area contributed by atoms with Crippen molar-refractivity contribution in [2.75, 3.05) is 26.2 Å². The summed E-state index contributed by atoms with van der Waals surface area (Å²) >= 11 is 0. The number of aromatic amines is 1. The molecule has 1 N–H and O–H groups in total. The van der Waals surface area contributed by atoms with Gasteiger partial charge < -0.3 is 14.6 Å². The monoisotopic (exact) mass is 349 g/mol. The van der Waals surface area contributed by atoms with E-state index in [-0.39, 0.29) is 0 Å². The normalized spacial score (nSPS) is 18.3. The molecule has 0 bridgehead atoms. The molecule has 4 nitrogen and oxygen atoms in total. The summed E-state index contributed by atoms with van der Waals surface area (Å²) in [4.78, 5) is 10.6. The number of aromatic nitrogens is 2. The molecule has 2 heterocycles. The van der Waals surface area contributed by atoms with E-state index in [9.17, 15) is 0 Å². The van der Waals surface area contributed by atoms with E-state index in [1.165, 1.54) is 25.9 Å². The number of hydrogen-bond donors (Lipinski definition) is 1. The first kappa shape index (κ1) is 17.1. The second-order valence-corrected chi connectivity index (χ2v) is 7.38. The Bertz CT molecular complexity index is 824. The lowest BCUT2D eigenvalue weighted by Crippen LogP contribution is -2.35. The smallest absolute Gasteiger partial charge is 0.138 e. The summed E-state index contributed by atoms with van der Waals surface area (Å²) in [5.41, 5.74) is 3.11. The largest absolute Gasteiger partial charge is 0.494 e. The summed E-state index contributed by atoms with van der Waals surface area (Å²) in [5, 5.41) is 0. The van der Waals surface area contributed by atoms with E-state index >= 15 is 0 Å². The molecule has 1 atom stereocenters. The van der Waals surface area contributed by atoms with E-state index in [0.29, 0.717) is 0 Å². The second-order valence-electron chi connectivity index (χ2n) is 7.38. The van der Waals surface area contributed by atoms with Crippen LogP contribution in [-0.4, -0.2) is 41.1 Å². The van der Waals surface area contributed by atoms with E-state index in [1.54, 1.807) is 0 Å². The lowest BCUT2D eigenvalue weighted by atomic mass is 10.0. The molecule has 1 unspecified atom stereocenters. The van der Waals surface area contributed by atoms with Crippen LogP contribution >= 0.6 is 0 Å². The quantitative estimate of drug-likeness (QED) is 0.654. The number of para-hydroxylation sites is 2. The van der Waals surface area contributed by atoms with Gasteiger partial charge in [-0.25, -0.2) is 4.98 Å². The van der Waals surface area contributed by atoms with Gasteiger partial charge in [-0.2, -0.15) is 0 Å². The third-order valence-electron chi connectivity index (χ3n) is 5.13. The number of fused-ring (bicyclic) bond motifs is 1. The molecular formula is C22H27N3O. The molecule has 1 fully saturated rings. The first-order chi connectivity index (χ1) is 12.8. The van der Waals surface area contributed by atoms with Crippen LogP contribution in [0.4, 0.5) is 0 Å².